The molecule has 0 N–H and O–H groups in total. The molecule has 1 atom stereocenters. The molecule has 0 nitrogen and oxygen atoms in total. The Balaban J connectivity index is 2.83. The largest absolute Gasteiger partial charge is 0.100 e. The number of hydrogen-bond donors (Lipinski definition) is 0. The molecular weight excluding hydrogens is 132 g/mol. The van der Waals surface area contributed by atoms with Crippen LogP contribution in [-0.4, -0.2) is 0 Å². The molecule has 0 aromatic carbocycles. The van der Waals surface area contributed by atoms with Crippen LogP contribution in [0.2, 0.25) is 0 Å². The van der Waals surface area contributed by atoms with Crippen LogP contribution in [0, 0.1) is 5.41 Å². The van der Waals surface area contributed by atoms with Crippen molar-refractivity contribution in [3.63, 3.8) is 0 Å². The van der Waals surface area contributed by atoms with Crippen molar-refractivity contribution in [2.75, 3.05) is 0 Å². The van der Waals surface area contributed by atoms with Crippen molar-refractivity contribution in [2.45, 2.75) is 27.2 Å². The van der Waals surface area contributed by atoms with E-state index in [2.05, 4.69) is 44.9 Å². The van der Waals surface area contributed by atoms with E-state index in [-0.39, 0.29) is 5.41 Å². The van der Waals surface area contributed by atoms with E-state index in [1.807, 2.05) is 0 Å². The summed E-state index contributed by atoms with van der Waals surface area (Å²) in [6.45, 7) is 10.3. The SMILES string of the molecule is C=C(C)CC1(C)C=C=C=C1C. The molecule has 0 amide bonds. The molecule has 0 fully saturated rings. The molecule has 0 heterocycles. The van der Waals surface area contributed by atoms with Crippen LogP contribution in [0.25, 0.3) is 0 Å². The number of rotatable bonds is 2. The first-order chi connectivity index (χ1) is 5.04. The highest BCUT2D eigenvalue weighted by Gasteiger charge is 2.25. The second kappa shape index (κ2) is 2.58. The lowest BCUT2D eigenvalue weighted by atomic mass is 9.80. The molecule has 1 aliphatic carbocycles. The van der Waals surface area contributed by atoms with Gasteiger partial charge in [-0.2, -0.15) is 0 Å². The van der Waals surface area contributed by atoms with Gasteiger partial charge < -0.3 is 0 Å². The summed E-state index contributed by atoms with van der Waals surface area (Å²) in [6, 6.07) is 0. The maximum atomic E-state index is 3.91. The van der Waals surface area contributed by atoms with Gasteiger partial charge in [-0.05, 0) is 31.9 Å². The lowest BCUT2D eigenvalue weighted by molar-refractivity contribution is 0.516. The Bertz CT molecular complexity index is 281. The zero-order valence-corrected chi connectivity index (χ0v) is 7.49. The van der Waals surface area contributed by atoms with Crippen LogP contribution in [0.5, 0.6) is 0 Å². The van der Waals surface area contributed by atoms with Gasteiger partial charge in [-0.25, -0.2) is 0 Å². The fraction of sp³-hybridized carbons (Fsp3) is 0.455. The highest BCUT2D eigenvalue weighted by molar-refractivity contribution is 5.26. The summed E-state index contributed by atoms with van der Waals surface area (Å²) in [4.78, 5) is 0. The van der Waals surface area contributed by atoms with E-state index in [0.29, 0.717) is 0 Å². The topological polar surface area (TPSA) is 0 Å². The first-order valence-electron chi connectivity index (χ1n) is 3.89. The van der Waals surface area contributed by atoms with Crippen molar-refractivity contribution in [2.24, 2.45) is 5.41 Å². The molecule has 11 heavy (non-hydrogen) atoms. The van der Waals surface area contributed by atoms with Crippen LogP contribution in [0.1, 0.15) is 27.2 Å². The third kappa shape index (κ3) is 1.54. The van der Waals surface area contributed by atoms with Gasteiger partial charge in [0.25, 0.3) is 0 Å². The standard InChI is InChI=1S/C11H14/c1-9(2)8-11(4)7-5-6-10(11)3/h7H,1,8H2,2-4H3. The number of hydrogen-bond acceptors (Lipinski definition) is 0. The van der Waals surface area contributed by atoms with Crippen LogP contribution < -0.4 is 0 Å². The highest BCUT2D eigenvalue weighted by Crippen LogP contribution is 2.35. The maximum absolute atomic E-state index is 3.91. The second-order valence-corrected chi connectivity index (χ2v) is 3.59. The first kappa shape index (κ1) is 8.14. The summed E-state index contributed by atoms with van der Waals surface area (Å²) in [5, 5.41) is 0. The normalized spacial score (nSPS) is 27.4. The van der Waals surface area contributed by atoms with E-state index in [1.165, 1.54) is 11.1 Å². The molecule has 0 spiro atoms. The molecule has 0 bridgehead atoms. The van der Waals surface area contributed by atoms with Crippen molar-refractivity contribution < 1.29 is 0 Å². The Labute approximate surface area is 68.6 Å². The van der Waals surface area contributed by atoms with Gasteiger partial charge in [0.05, 0.1) is 0 Å². The van der Waals surface area contributed by atoms with Crippen molar-refractivity contribution in [3.05, 3.63) is 35.3 Å². The van der Waals surface area contributed by atoms with E-state index in [9.17, 15) is 0 Å². The van der Waals surface area contributed by atoms with Gasteiger partial charge in [0.2, 0.25) is 0 Å². The van der Waals surface area contributed by atoms with E-state index >= 15 is 0 Å². The van der Waals surface area contributed by atoms with Gasteiger partial charge in [-0.15, -0.1) is 6.58 Å². The summed E-state index contributed by atoms with van der Waals surface area (Å²) in [5.74, 6) is 0. The first-order valence-corrected chi connectivity index (χ1v) is 3.89. The summed E-state index contributed by atoms with van der Waals surface area (Å²) in [7, 11) is 0. The van der Waals surface area contributed by atoms with E-state index < -0.39 is 0 Å². The van der Waals surface area contributed by atoms with Gasteiger partial charge in [0.15, 0.2) is 0 Å². The van der Waals surface area contributed by atoms with Gasteiger partial charge in [0, 0.05) is 5.41 Å². The van der Waals surface area contributed by atoms with Crippen LogP contribution in [0.4, 0.5) is 0 Å². The zero-order chi connectivity index (χ0) is 8.48. The third-order valence-corrected chi connectivity index (χ3v) is 2.18. The Hall–Kier alpha value is -0.960. The fourth-order valence-electron chi connectivity index (χ4n) is 1.37. The van der Waals surface area contributed by atoms with Gasteiger partial charge in [-0.1, -0.05) is 24.0 Å². The Kier molecular flexibility index (Phi) is 1.91. The smallest absolute Gasteiger partial charge is 0.0260 e. The molecule has 0 saturated carbocycles. The quantitative estimate of drug-likeness (QED) is 0.414. The lowest BCUT2D eigenvalue weighted by Gasteiger charge is -2.22. The van der Waals surface area contributed by atoms with Gasteiger partial charge >= 0.3 is 0 Å². The van der Waals surface area contributed by atoms with Crippen LogP contribution in [-0.2, 0) is 0 Å². The maximum Gasteiger partial charge on any atom is 0.0260 e. The van der Waals surface area contributed by atoms with Crippen molar-refractivity contribution in [3.8, 4) is 0 Å². The van der Waals surface area contributed by atoms with Crippen molar-refractivity contribution in [1.82, 2.24) is 0 Å². The molecule has 0 aromatic rings. The Morgan fingerprint density at radius 3 is 2.73 bits per heavy atom. The summed E-state index contributed by atoms with van der Waals surface area (Å²) in [6.07, 6.45) is 3.09. The van der Waals surface area contributed by atoms with Gasteiger partial charge in [-0.3, -0.25) is 0 Å². The molecule has 58 valence electrons. The molecule has 1 aliphatic rings. The Morgan fingerprint density at radius 2 is 2.36 bits per heavy atom. The summed E-state index contributed by atoms with van der Waals surface area (Å²) < 4.78 is 0. The highest BCUT2D eigenvalue weighted by atomic mass is 14.3. The molecule has 0 radical (unpaired) electrons. The van der Waals surface area contributed by atoms with E-state index in [0.717, 1.165) is 6.42 Å². The molecule has 0 aromatic heterocycles. The summed E-state index contributed by atoms with van der Waals surface area (Å²) in [5.41, 5.74) is 8.73. The average molecular weight is 146 g/mol. The monoisotopic (exact) mass is 146 g/mol. The minimum absolute atomic E-state index is 0.145. The van der Waals surface area contributed by atoms with Crippen molar-refractivity contribution in [1.29, 1.82) is 0 Å². The van der Waals surface area contributed by atoms with Crippen LogP contribution in [0.3, 0.4) is 0 Å². The minimum Gasteiger partial charge on any atom is -0.100 e. The van der Waals surface area contributed by atoms with E-state index in [1.54, 1.807) is 0 Å². The zero-order valence-electron chi connectivity index (χ0n) is 7.49. The molecule has 0 aliphatic heterocycles. The minimum atomic E-state index is 0.145. The lowest BCUT2D eigenvalue weighted by Crippen LogP contribution is -2.12. The predicted molar refractivity (Wildman–Crippen MR) is 48.3 cm³/mol. The van der Waals surface area contributed by atoms with Crippen LogP contribution in [0.15, 0.2) is 35.3 Å². The average Bonchev–Trinajstić information content (AvgIpc) is 2.11. The predicted octanol–water partition coefficient (Wildman–Crippen LogP) is 3.23. The third-order valence-electron chi connectivity index (χ3n) is 2.18. The molecule has 0 saturated heterocycles. The fourth-order valence-corrected chi connectivity index (χ4v) is 1.37. The second-order valence-electron chi connectivity index (χ2n) is 3.59. The number of allylic oxidation sites excluding steroid dienone is 3. The molecular formula is C11H14. The molecule has 1 rings (SSSR count). The molecule has 0 heteroatoms. The van der Waals surface area contributed by atoms with Gasteiger partial charge in [0.1, 0.15) is 0 Å². The van der Waals surface area contributed by atoms with Crippen molar-refractivity contribution >= 4 is 0 Å². The Morgan fingerprint density at radius 1 is 1.73 bits per heavy atom. The summed E-state index contributed by atoms with van der Waals surface area (Å²) >= 11 is 0. The van der Waals surface area contributed by atoms with Crippen LogP contribution >= 0.6 is 0 Å². The molecule has 1 unspecified atom stereocenters. The van der Waals surface area contributed by atoms with E-state index in [4.69, 9.17) is 0 Å².